The van der Waals surface area contributed by atoms with E-state index in [4.69, 9.17) is 5.73 Å². The van der Waals surface area contributed by atoms with Crippen molar-refractivity contribution in [2.45, 2.75) is 45.6 Å². The second kappa shape index (κ2) is 5.74. The van der Waals surface area contributed by atoms with Crippen LogP contribution < -0.4 is 11.1 Å². The molecular formula is C16H24N2O. The van der Waals surface area contributed by atoms with Gasteiger partial charge in [-0.25, -0.2) is 0 Å². The van der Waals surface area contributed by atoms with Gasteiger partial charge in [0.15, 0.2) is 0 Å². The normalized spacial score (nSPS) is 18.5. The van der Waals surface area contributed by atoms with Crippen molar-refractivity contribution in [2.24, 2.45) is 11.1 Å². The van der Waals surface area contributed by atoms with Gasteiger partial charge in [-0.15, -0.1) is 0 Å². The summed E-state index contributed by atoms with van der Waals surface area (Å²) >= 11 is 0. The Morgan fingerprint density at radius 3 is 2.63 bits per heavy atom. The second-order valence-electron chi connectivity index (χ2n) is 5.88. The van der Waals surface area contributed by atoms with E-state index in [-0.39, 0.29) is 17.4 Å². The van der Waals surface area contributed by atoms with Gasteiger partial charge in [-0.1, -0.05) is 30.7 Å². The Morgan fingerprint density at radius 2 is 2.11 bits per heavy atom. The Labute approximate surface area is 115 Å². The monoisotopic (exact) mass is 260 g/mol. The third-order valence-electron chi connectivity index (χ3n) is 4.42. The minimum atomic E-state index is 0.0589. The third kappa shape index (κ3) is 3.16. The molecule has 1 aromatic carbocycles. The van der Waals surface area contributed by atoms with Gasteiger partial charge in [-0.3, -0.25) is 4.79 Å². The predicted octanol–water partition coefficient (Wildman–Crippen LogP) is 2.69. The summed E-state index contributed by atoms with van der Waals surface area (Å²) in [5, 5.41) is 3.10. The van der Waals surface area contributed by atoms with E-state index in [1.165, 1.54) is 17.5 Å². The van der Waals surface area contributed by atoms with Gasteiger partial charge >= 0.3 is 0 Å². The zero-order valence-corrected chi connectivity index (χ0v) is 11.9. The van der Waals surface area contributed by atoms with Crippen molar-refractivity contribution in [3.63, 3.8) is 0 Å². The van der Waals surface area contributed by atoms with Crippen molar-refractivity contribution in [1.29, 1.82) is 0 Å². The minimum Gasteiger partial charge on any atom is -0.350 e. The Balaban J connectivity index is 1.94. The molecule has 19 heavy (non-hydrogen) atoms. The molecule has 104 valence electrons. The van der Waals surface area contributed by atoms with Gasteiger partial charge in [0.1, 0.15) is 0 Å². The Kier molecular flexibility index (Phi) is 4.25. The molecule has 0 heterocycles. The van der Waals surface area contributed by atoms with Crippen LogP contribution in [0.5, 0.6) is 0 Å². The van der Waals surface area contributed by atoms with Gasteiger partial charge in [-0.05, 0) is 49.8 Å². The molecule has 0 aliphatic heterocycles. The fraction of sp³-hybridized carbons (Fsp3) is 0.562. The summed E-state index contributed by atoms with van der Waals surface area (Å²) in [7, 11) is 0. The zero-order chi connectivity index (χ0) is 13.9. The first-order chi connectivity index (χ1) is 9.06. The maximum atomic E-state index is 12.1. The second-order valence-corrected chi connectivity index (χ2v) is 5.88. The topological polar surface area (TPSA) is 55.1 Å². The number of carbonyl (C=O) groups excluding carboxylic acids is 1. The summed E-state index contributed by atoms with van der Waals surface area (Å²) in [6.07, 6.45) is 3.96. The van der Waals surface area contributed by atoms with Gasteiger partial charge in [0.05, 0.1) is 6.04 Å². The zero-order valence-electron chi connectivity index (χ0n) is 11.9. The van der Waals surface area contributed by atoms with Crippen LogP contribution in [-0.2, 0) is 4.79 Å². The Bertz CT molecular complexity index is 446. The van der Waals surface area contributed by atoms with Crippen LogP contribution in [0.2, 0.25) is 0 Å². The van der Waals surface area contributed by atoms with Gasteiger partial charge < -0.3 is 11.1 Å². The molecule has 1 aliphatic rings. The van der Waals surface area contributed by atoms with E-state index < -0.39 is 0 Å². The molecule has 0 radical (unpaired) electrons. The standard InChI is InChI=1S/C16H24N2O/c1-12-6-3-4-7-14(12)13(2)18-15(19)10-16(11-17)8-5-9-16/h3-4,6-7,13H,5,8-11,17H2,1-2H3,(H,18,19). The maximum absolute atomic E-state index is 12.1. The lowest BCUT2D eigenvalue weighted by atomic mass is 9.66. The van der Waals surface area contributed by atoms with Crippen molar-refractivity contribution in [3.8, 4) is 0 Å². The number of amides is 1. The number of nitrogens with one attached hydrogen (secondary N) is 1. The van der Waals surface area contributed by atoms with E-state index in [0.29, 0.717) is 13.0 Å². The van der Waals surface area contributed by atoms with E-state index in [9.17, 15) is 4.79 Å². The van der Waals surface area contributed by atoms with Crippen LogP contribution >= 0.6 is 0 Å². The summed E-state index contributed by atoms with van der Waals surface area (Å²) in [5.74, 6) is 0.126. The number of nitrogens with two attached hydrogens (primary N) is 1. The lowest BCUT2D eigenvalue weighted by Gasteiger charge is -2.40. The summed E-state index contributed by atoms with van der Waals surface area (Å²) in [5.41, 5.74) is 8.28. The highest BCUT2D eigenvalue weighted by Crippen LogP contribution is 2.42. The van der Waals surface area contributed by atoms with E-state index in [2.05, 4.69) is 24.4 Å². The Morgan fingerprint density at radius 1 is 1.42 bits per heavy atom. The van der Waals surface area contributed by atoms with Crippen molar-refractivity contribution < 1.29 is 4.79 Å². The molecule has 3 heteroatoms. The fourth-order valence-corrected chi connectivity index (χ4v) is 2.91. The van der Waals surface area contributed by atoms with Crippen molar-refractivity contribution in [1.82, 2.24) is 5.32 Å². The number of rotatable bonds is 5. The molecule has 3 N–H and O–H groups in total. The average molecular weight is 260 g/mol. The quantitative estimate of drug-likeness (QED) is 0.855. The van der Waals surface area contributed by atoms with Gasteiger partial charge in [0.2, 0.25) is 5.91 Å². The number of carbonyl (C=O) groups is 1. The van der Waals surface area contributed by atoms with E-state index >= 15 is 0 Å². The highest BCUT2D eigenvalue weighted by atomic mass is 16.1. The summed E-state index contributed by atoms with van der Waals surface area (Å²) < 4.78 is 0. The number of aryl methyl sites for hydroxylation is 1. The van der Waals surface area contributed by atoms with Crippen LogP contribution in [0.3, 0.4) is 0 Å². The predicted molar refractivity (Wildman–Crippen MR) is 77.7 cm³/mol. The largest absolute Gasteiger partial charge is 0.350 e. The van der Waals surface area contributed by atoms with Crippen LogP contribution in [0.4, 0.5) is 0 Å². The summed E-state index contributed by atoms with van der Waals surface area (Å²) in [6, 6.07) is 8.24. The molecule has 1 aromatic rings. The molecule has 1 aliphatic carbocycles. The molecule has 0 bridgehead atoms. The third-order valence-corrected chi connectivity index (χ3v) is 4.42. The Hall–Kier alpha value is -1.35. The number of hydrogen-bond acceptors (Lipinski definition) is 2. The van der Waals surface area contributed by atoms with Gasteiger partial charge in [0.25, 0.3) is 0 Å². The first-order valence-electron chi connectivity index (χ1n) is 7.11. The van der Waals surface area contributed by atoms with Gasteiger partial charge in [-0.2, -0.15) is 0 Å². The van der Waals surface area contributed by atoms with Crippen LogP contribution in [0, 0.1) is 12.3 Å². The number of benzene rings is 1. The lowest BCUT2D eigenvalue weighted by Crippen LogP contribution is -2.42. The van der Waals surface area contributed by atoms with Crippen LogP contribution in [0.15, 0.2) is 24.3 Å². The minimum absolute atomic E-state index is 0.0589. The van der Waals surface area contributed by atoms with Crippen LogP contribution in [0.1, 0.15) is 49.8 Å². The molecule has 1 amide bonds. The molecule has 2 rings (SSSR count). The van der Waals surface area contributed by atoms with Crippen LogP contribution in [-0.4, -0.2) is 12.5 Å². The van der Waals surface area contributed by atoms with Crippen molar-refractivity contribution in [2.75, 3.05) is 6.54 Å². The van der Waals surface area contributed by atoms with E-state index in [1.54, 1.807) is 0 Å². The smallest absolute Gasteiger partial charge is 0.221 e. The highest BCUT2D eigenvalue weighted by molar-refractivity contribution is 5.77. The maximum Gasteiger partial charge on any atom is 0.221 e. The lowest BCUT2D eigenvalue weighted by molar-refractivity contribution is -0.125. The van der Waals surface area contributed by atoms with Crippen molar-refractivity contribution >= 4 is 5.91 Å². The molecule has 3 nitrogen and oxygen atoms in total. The molecule has 1 unspecified atom stereocenters. The molecule has 1 fully saturated rings. The average Bonchev–Trinajstić information content (AvgIpc) is 2.34. The molecule has 0 saturated heterocycles. The SMILES string of the molecule is Cc1ccccc1C(C)NC(=O)CC1(CN)CCC1. The highest BCUT2D eigenvalue weighted by Gasteiger charge is 2.37. The molecule has 0 spiro atoms. The molecule has 1 saturated carbocycles. The molecule has 0 aromatic heterocycles. The fourth-order valence-electron chi connectivity index (χ4n) is 2.91. The van der Waals surface area contributed by atoms with Crippen molar-refractivity contribution in [3.05, 3.63) is 35.4 Å². The van der Waals surface area contributed by atoms with Crippen LogP contribution in [0.25, 0.3) is 0 Å². The summed E-state index contributed by atoms with van der Waals surface area (Å²) in [4.78, 5) is 12.1. The first-order valence-corrected chi connectivity index (χ1v) is 7.11. The number of hydrogen-bond donors (Lipinski definition) is 2. The molecular weight excluding hydrogens is 236 g/mol. The van der Waals surface area contributed by atoms with E-state index in [1.807, 2.05) is 19.1 Å². The van der Waals surface area contributed by atoms with E-state index in [0.717, 1.165) is 12.8 Å². The summed E-state index contributed by atoms with van der Waals surface area (Å²) in [6.45, 7) is 4.74. The first kappa shape index (κ1) is 14.1. The molecule has 1 atom stereocenters. The van der Waals surface area contributed by atoms with Gasteiger partial charge in [0, 0.05) is 6.42 Å².